The number of hydrogen-bond acceptors (Lipinski definition) is 6. The zero-order valence-corrected chi connectivity index (χ0v) is 20.0. The van der Waals surface area contributed by atoms with Crippen molar-refractivity contribution in [2.24, 2.45) is 0 Å². The summed E-state index contributed by atoms with van der Waals surface area (Å²) >= 11 is 6.47. The van der Waals surface area contributed by atoms with Crippen molar-refractivity contribution in [2.45, 2.75) is 33.6 Å². The summed E-state index contributed by atoms with van der Waals surface area (Å²) in [7, 11) is 0. The lowest BCUT2D eigenvalue weighted by atomic mass is 10.1. The van der Waals surface area contributed by atoms with Crippen molar-refractivity contribution in [3.8, 4) is 11.5 Å². The topological polar surface area (TPSA) is 67.9 Å². The van der Waals surface area contributed by atoms with E-state index in [0.717, 1.165) is 40.7 Å². The van der Waals surface area contributed by atoms with Crippen LogP contribution in [0.15, 0.2) is 47.4 Å². The van der Waals surface area contributed by atoms with Gasteiger partial charge in [-0.1, -0.05) is 49.4 Å². The predicted molar refractivity (Wildman–Crippen MR) is 132 cm³/mol. The highest BCUT2D eigenvalue weighted by Gasteiger charge is 2.34. The molecule has 1 saturated heterocycles. The zero-order valence-electron chi connectivity index (χ0n) is 18.3. The van der Waals surface area contributed by atoms with Crippen molar-refractivity contribution < 1.29 is 19.1 Å². The number of thiocarbonyl (C=S) groups is 1. The summed E-state index contributed by atoms with van der Waals surface area (Å²) in [6, 6.07) is 12.7. The van der Waals surface area contributed by atoms with E-state index in [2.05, 4.69) is 12.3 Å². The maximum atomic E-state index is 12.9. The van der Waals surface area contributed by atoms with Crippen molar-refractivity contribution in [1.82, 2.24) is 10.4 Å². The molecule has 2 aromatic rings. The predicted octanol–water partition coefficient (Wildman–Crippen LogP) is 5.12. The van der Waals surface area contributed by atoms with Gasteiger partial charge in [0.2, 0.25) is 0 Å². The lowest BCUT2D eigenvalue weighted by Crippen LogP contribution is -2.45. The Hall–Kier alpha value is -2.84. The lowest BCUT2D eigenvalue weighted by Gasteiger charge is -2.16. The molecule has 1 N–H and O–H groups in total. The Morgan fingerprint density at radius 2 is 1.94 bits per heavy atom. The van der Waals surface area contributed by atoms with E-state index in [9.17, 15) is 9.59 Å². The average Bonchev–Trinajstić information content (AvgIpc) is 3.03. The molecule has 0 radical (unpaired) electrons. The van der Waals surface area contributed by atoms with Crippen LogP contribution in [0, 0.1) is 6.92 Å². The van der Waals surface area contributed by atoms with E-state index in [0.29, 0.717) is 35.2 Å². The smallest absolute Gasteiger partial charge is 0.285 e. The summed E-state index contributed by atoms with van der Waals surface area (Å²) in [6.45, 7) is 6.97. The molecule has 0 atom stereocenters. The Labute approximate surface area is 197 Å². The Kier molecular flexibility index (Phi) is 8.30. The van der Waals surface area contributed by atoms with E-state index in [1.165, 1.54) is 0 Å². The van der Waals surface area contributed by atoms with Gasteiger partial charge in [-0.05, 0) is 67.9 Å². The number of hydrazine groups is 1. The third-order valence-electron chi connectivity index (χ3n) is 4.72. The van der Waals surface area contributed by atoms with Gasteiger partial charge in [-0.3, -0.25) is 15.0 Å². The van der Waals surface area contributed by atoms with Crippen LogP contribution in [0.25, 0.3) is 6.08 Å². The van der Waals surface area contributed by atoms with Gasteiger partial charge in [-0.25, -0.2) is 0 Å². The molecule has 1 fully saturated rings. The van der Waals surface area contributed by atoms with Gasteiger partial charge in [0.05, 0.1) is 18.1 Å². The SMILES string of the molecule is CCCCOc1ccc(/C=C2\SC(=S)N(NC(=O)c3ccccc3C)C2=O)cc1OCC. The summed E-state index contributed by atoms with van der Waals surface area (Å²) < 4.78 is 11.8. The van der Waals surface area contributed by atoms with Crippen LogP contribution in [0.2, 0.25) is 0 Å². The van der Waals surface area contributed by atoms with Crippen LogP contribution < -0.4 is 14.9 Å². The number of unbranched alkanes of at least 4 members (excludes halogenated alkanes) is 1. The molecule has 0 aliphatic carbocycles. The van der Waals surface area contributed by atoms with Crippen LogP contribution in [0.1, 0.15) is 48.2 Å². The minimum absolute atomic E-state index is 0.271. The van der Waals surface area contributed by atoms with Crippen molar-refractivity contribution in [2.75, 3.05) is 13.2 Å². The molecule has 6 nitrogen and oxygen atoms in total. The fourth-order valence-electron chi connectivity index (χ4n) is 3.03. The molecule has 0 spiro atoms. The van der Waals surface area contributed by atoms with Crippen molar-refractivity contribution in [3.63, 3.8) is 0 Å². The quantitative estimate of drug-likeness (QED) is 0.312. The second-order valence-electron chi connectivity index (χ2n) is 7.11. The maximum Gasteiger partial charge on any atom is 0.285 e. The first-order chi connectivity index (χ1) is 15.4. The van der Waals surface area contributed by atoms with Gasteiger partial charge in [0, 0.05) is 5.56 Å². The number of carbonyl (C=O) groups excluding carboxylic acids is 2. The molecule has 0 aromatic heterocycles. The van der Waals surface area contributed by atoms with Gasteiger partial charge < -0.3 is 9.47 Å². The van der Waals surface area contributed by atoms with E-state index < -0.39 is 0 Å². The third kappa shape index (κ3) is 5.69. The molecule has 0 bridgehead atoms. The molecule has 2 amide bonds. The van der Waals surface area contributed by atoms with Crippen LogP contribution in [-0.4, -0.2) is 34.4 Å². The van der Waals surface area contributed by atoms with E-state index in [1.54, 1.807) is 18.2 Å². The van der Waals surface area contributed by atoms with Gasteiger partial charge in [-0.2, -0.15) is 5.01 Å². The number of hydrogen-bond donors (Lipinski definition) is 1. The first kappa shape index (κ1) is 23.8. The zero-order chi connectivity index (χ0) is 23.1. The summed E-state index contributed by atoms with van der Waals surface area (Å²) in [4.78, 5) is 25.9. The Balaban J connectivity index is 1.77. The monoisotopic (exact) mass is 470 g/mol. The van der Waals surface area contributed by atoms with Crippen LogP contribution in [0.5, 0.6) is 11.5 Å². The summed E-state index contributed by atoms with van der Waals surface area (Å²) in [5, 5.41) is 1.12. The van der Waals surface area contributed by atoms with Gasteiger partial charge in [0.15, 0.2) is 15.8 Å². The number of nitrogens with zero attached hydrogens (tertiary/aromatic N) is 1. The van der Waals surface area contributed by atoms with Gasteiger partial charge >= 0.3 is 0 Å². The summed E-state index contributed by atoms with van der Waals surface area (Å²) in [5.74, 6) is 0.548. The number of benzene rings is 2. The molecule has 1 aliphatic heterocycles. The highest BCUT2D eigenvalue weighted by atomic mass is 32.2. The number of carbonyl (C=O) groups is 2. The second-order valence-corrected chi connectivity index (χ2v) is 8.79. The highest BCUT2D eigenvalue weighted by molar-refractivity contribution is 8.26. The molecule has 0 unspecified atom stereocenters. The minimum atomic E-state index is -0.382. The lowest BCUT2D eigenvalue weighted by molar-refractivity contribution is -0.123. The first-order valence-corrected chi connectivity index (χ1v) is 11.7. The largest absolute Gasteiger partial charge is 0.490 e. The summed E-state index contributed by atoms with van der Waals surface area (Å²) in [5.41, 5.74) is 4.70. The van der Waals surface area contributed by atoms with Gasteiger partial charge in [0.1, 0.15) is 0 Å². The molecular weight excluding hydrogens is 444 g/mol. The number of ether oxygens (including phenoxy) is 2. The third-order valence-corrected chi connectivity index (χ3v) is 6.02. The Bertz CT molecular complexity index is 1050. The Morgan fingerprint density at radius 1 is 1.16 bits per heavy atom. The van der Waals surface area contributed by atoms with Crippen molar-refractivity contribution in [1.29, 1.82) is 0 Å². The molecule has 2 aromatic carbocycles. The Morgan fingerprint density at radius 3 is 2.66 bits per heavy atom. The second kappa shape index (κ2) is 11.2. The van der Waals surface area contributed by atoms with Crippen molar-refractivity contribution in [3.05, 3.63) is 64.1 Å². The summed E-state index contributed by atoms with van der Waals surface area (Å²) in [6.07, 6.45) is 3.74. The van der Waals surface area contributed by atoms with Gasteiger partial charge in [-0.15, -0.1) is 0 Å². The minimum Gasteiger partial charge on any atom is -0.490 e. The van der Waals surface area contributed by atoms with Crippen LogP contribution in [-0.2, 0) is 4.79 Å². The molecule has 8 heteroatoms. The maximum absolute atomic E-state index is 12.9. The average molecular weight is 471 g/mol. The fourth-order valence-corrected chi connectivity index (χ4v) is 4.21. The van der Waals surface area contributed by atoms with E-state index in [-0.39, 0.29) is 16.1 Å². The standard InChI is InChI=1S/C24H26N2O4S2/c1-4-6-13-30-19-12-11-17(14-20(19)29-5-2)15-21-23(28)26(24(31)32-21)25-22(27)18-10-8-7-9-16(18)3/h7-12,14-15H,4-6,13H2,1-3H3,(H,25,27)/b21-15-. The van der Waals surface area contributed by atoms with Crippen LogP contribution in [0.4, 0.5) is 0 Å². The molecule has 168 valence electrons. The molecule has 0 saturated carbocycles. The van der Waals surface area contributed by atoms with Crippen LogP contribution in [0.3, 0.4) is 0 Å². The number of amides is 2. The molecule has 1 heterocycles. The van der Waals surface area contributed by atoms with E-state index in [4.69, 9.17) is 21.7 Å². The van der Waals surface area contributed by atoms with E-state index in [1.807, 2.05) is 44.2 Å². The number of thioether (sulfide) groups is 1. The van der Waals surface area contributed by atoms with Crippen molar-refractivity contribution >= 4 is 46.2 Å². The van der Waals surface area contributed by atoms with Crippen LogP contribution >= 0.6 is 24.0 Å². The molecular formula is C24H26N2O4S2. The van der Waals surface area contributed by atoms with E-state index >= 15 is 0 Å². The molecule has 1 aliphatic rings. The number of nitrogens with one attached hydrogen (secondary N) is 1. The number of rotatable bonds is 9. The molecule has 3 rings (SSSR count). The van der Waals surface area contributed by atoms with Gasteiger partial charge in [0.25, 0.3) is 11.8 Å². The first-order valence-electron chi connectivity index (χ1n) is 10.5. The number of aryl methyl sites for hydroxylation is 1. The normalized spacial score (nSPS) is 14.7. The fraction of sp³-hybridized carbons (Fsp3) is 0.292. The molecule has 32 heavy (non-hydrogen) atoms. The highest BCUT2D eigenvalue weighted by Crippen LogP contribution is 2.34.